The Kier molecular flexibility index (Phi) is 6.34. The highest BCUT2D eigenvalue weighted by molar-refractivity contribution is 6.08. The number of hydrogen-bond acceptors (Lipinski definition) is 6. The summed E-state index contributed by atoms with van der Waals surface area (Å²) in [5, 5.41) is 3.49. The smallest absolute Gasteiger partial charge is 0.251 e. The molecule has 4 aromatic heterocycles. The first-order chi connectivity index (χ1) is 18.2. The summed E-state index contributed by atoms with van der Waals surface area (Å²) >= 11 is 0. The summed E-state index contributed by atoms with van der Waals surface area (Å²) in [6.45, 7) is 7.62. The van der Waals surface area contributed by atoms with Crippen molar-refractivity contribution in [2.75, 3.05) is 11.1 Å². The topological polar surface area (TPSA) is 121 Å². The maximum Gasteiger partial charge on any atom is 0.251 e. The summed E-state index contributed by atoms with van der Waals surface area (Å²) in [5.41, 5.74) is 12.7. The zero-order valence-electron chi connectivity index (χ0n) is 21.4. The number of nitrogens with zero attached hydrogens (tertiary/aromatic N) is 5. The number of aryl methyl sites for hydroxylation is 2. The van der Waals surface area contributed by atoms with Crippen molar-refractivity contribution in [2.24, 2.45) is 7.05 Å². The van der Waals surface area contributed by atoms with Gasteiger partial charge in [0.25, 0.3) is 11.5 Å². The molecule has 9 heteroatoms. The lowest BCUT2D eigenvalue weighted by Crippen LogP contribution is -2.19. The van der Waals surface area contributed by atoms with Crippen LogP contribution < -0.4 is 16.6 Å². The third-order valence-corrected chi connectivity index (χ3v) is 6.36. The van der Waals surface area contributed by atoms with Crippen molar-refractivity contribution in [1.82, 2.24) is 24.1 Å². The largest absolute Gasteiger partial charge is 0.383 e. The molecule has 4 heterocycles. The molecule has 190 valence electrons. The summed E-state index contributed by atoms with van der Waals surface area (Å²) in [4.78, 5) is 38.4. The van der Waals surface area contributed by atoms with E-state index in [9.17, 15) is 9.59 Å². The summed E-state index contributed by atoms with van der Waals surface area (Å²) < 4.78 is 3.56. The number of carbonyl (C=O) groups excluding carboxylic acids is 1. The van der Waals surface area contributed by atoms with Crippen LogP contribution in [0.2, 0.25) is 0 Å². The normalized spacial score (nSPS) is 11.0. The van der Waals surface area contributed by atoms with Crippen molar-refractivity contribution in [3.05, 3.63) is 101 Å². The number of hydrogen-bond donors (Lipinski definition) is 2. The van der Waals surface area contributed by atoms with Crippen LogP contribution in [-0.4, -0.2) is 30.0 Å². The maximum atomic E-state index is 13.2. The lowest BCUT2D eigenvalue weighted by Gasteiger charge is -2.12. The molecule has 1 amide bonds. The molecule has 5 aromatic rings. The molecule has 0 aliphatic carbocycles. The molecule has 0 saturated heterocycles. The van der Waals surface area contributed by atoms with Crippen molar-refractivity contribution in [3.8, 4) is 22.4 Å². The quantitative estimate of drug-likeness (QED) is 0.332. The van der Waals surface area contributed by atoms with Gasteiger partial charge in [0.15, 0.2) is 0 Å². The lowest BCUT2D eigenvalue weighted by atomic mass is 9.99. The number of benzene rings is 1. The van der Waals surface area contributed by atoms with Crippen LogP contribution >= 0.6 is 0 Å². The number of fused-ring (bicyclic) bond motifs is 1. The first-order valence-corrected chi connectivity index (χ1v) is 12.0. The van der Waals surface area contributed by atoms with Gasteiger partial charge in [0, 0.05) is 41.8 Å². The van der Waals surface area contributed by atoms with Crippen LogP contribution in [0.1, 0.15) is 18.3 Å². The average Bonchev–Trinajstić information content (AvgIpc) is 3.19. The molecule has 3 N–H and O–H groups in total. The van der Waals surface area contributed by atoms with Gasteiger partial charge in [-0.3, -0.25) is 14.6 Å². The first-order valence-electron chi connectivity index (χ1n) is 12.0. The van der Waals surface area contributed by atoms with E-state index in [0.717, 1.165) is 28.2 Å². The number of nitrogens with one attached hydrogen (secondary N) is 1. The highest BCUT2D eigenvalue weighted by atomic mass is 16.1. The fraction of sp³-hybridized carbons (Fsp3) is 0.138. The van der Waals surface area contributed by atoms with E-state index in [0.29, 0.717) is 40.2 Å². The Morgan fingerprint density at radius 3 is 2.53 bits per heavy atom. The monoisotopic (exact) mass is 505 g/mol. The predicted molar refractivity (Wildman–Crippen MR) is 150 cm³/mol. The number of nitrogen functional groups attached to an aromatic ring is 1. The lowest BCUT2D eigenvalue weighted by molar-refractivity contribution is -0.112. The molecule has 0 aliphatic heterocycles. The first kappa shape index (κ1) is 24.6. The fourth-order valence-corrected chi connectivity index (χ4v) is 4.50. The molecule has 0 saturated carbocycles. The Morgan fingerprint density at radius 2 is 1.84 bits per heavy atom. The van der Waals surface area contributed by atoms with E-state index >= 15 is 0 Å². The summed E-state index contributed by atoms with van der Waals surface area (Å²) in [6.07, 6.45) is 3.19. The van der Waals surface area contributed by atoms with E-state index in [1.54, 1.807) is 23.8 Å². The molecule has 0 aliphatic rings. The Balaban J connectivity index is 1.62. The van der Waals surface area contributed by atoms with E-state index < -0.39 is 0 Å². The van der Waals surface area contributed by atoms with Gasteiger partial charge >= 0.3 is 0 Å². The number of pyridine rings is 2. The zero-order valence-corrected chi connectivity index (χ0v) is 21.4. The van der Waals surface area contributed by atoms with Crippen LogP contribution in [0.4, 0.5) is 11.5 Å². The van der Waals surface area contributed by atoms with E-state index in [2.05, 4.69) is 26.8 Å². The van der Waals surface area contributed by atoms with Gasteiger partial charge in [-0.15, -0.1) is 0 Å². The third-order valence-electron chi connectivity index (χ3n) is 6.36. The molecule has 0 spiro atoms. The van der Waals surface area contributed by atoms with Gasteiger partial charge in [-0.1, -0.05) is 24.8 Å². The molecule has 0 fully saturated rings. The predicted octanol–water partition coefficient (Wildman–Crippen LogP) is 4.31. The van der Waals surface area contributed by atoms with Crippen molar-refractivity contribution >= 4 is 28.4 Å². The van der Waals surface area contributed by atoms with Gasteiger partial charge in [0.2, 0.25) is 0 Å². The van der Waals surface area contributed by atoms with Crippen LogP contribution in [0.5, 0.6) is 0 Å². The van der Waals surface area contributed by atoms with Gasteiger partial charge in [-0.2, -0.15) is 0 Å². The summed E-state index contributed by atoms with van der Waals surface area (Å²) in [6, 6.07) is 16.7. The number of anilines is 2. The molecule has 0 unspecified atom stereocenters. The zero-order chi connectivity index (χ0) is 27.0. The molecular weight excluding hydrogens is 478 g/mol. The number of aromatic nitrogens is 5. The molecule has 0 atom stereocenters. The van der Waals surface area contributed by atoms with Crippen molar-refractivity contribution in [1.29, 1.82) is 0 Å². The molecule has 38 heavy (non-hydrogen) atoms. The van der Waals surface area contributed by atoms with Gasteiger partial charge in [0.1, 0.15) is 17.8 Å². The van der Waals surface area contributed by atoms with Crippen molar-refractivity contribution in [2.45, 2.75) is 20.4 Å². The van der Waals surface area contributed by atoms with Crippen molar-refractivity contribution < 1.29 is 4.79 Å². The molecule has 5 rings (SSSR count). The van der Waals surface area contributed by atoms with Crippen LogP contribution in [0.25, 0.3) is 33.4 Å². The maximum absolute atomic E-state index is 13.2. The molecule has 1 aromatic carbocycles. The van der Waals surface area contributed by atoms with Gasteiger partial charge in [-0.05, 0) is 55.3 Å². The molecule has 0 radical (unpaired) electrons. The SMILES string of the molecule is C=C(C)C(=O)Nc1ccc(-c2c(-c3ccn(Cc4cccc(C)n4)c(=O)c3)c3c(N)ncnc3n2C)cc1. The average molecular weight is 506 g/mol. The van der Waals surface area contributed by atoms with Crippen LogP contribution in [0.3, 0.4) is 0 Å². The third kappa shape index (κ3) is 4.57. The fourth-order valence-electron chi connectivity index (χ4n) is 4.50. The Labute approximate surface area is 219 Å². The number of carbonyl (C=O) groups is 1. The second-order valence-electron chi connectivity index (χ2n) is 9.20. The molecule has 0 bridgehead atoms. The Morgan fingerprint density at radius 1 is 1.08 bits per heavy atom. The molecule has 9 nitrogen and oxygen atoms in total. The van der Waals surface area contributed by atoms with Crippen LogP contribution in [0.15, 0.2) is 84.1 Å². The number of rotatable bonds is 6. The highest BCUT2D eigenvalue weighted by Gasteiger charge is 2.22. The summed E-state index contributed by atoms with van der Waals surface area (Å²) in [5.74, 6) is 0.0813. The van der Waals surface area contributed by atoms with Crippen molar-refractivity contribution in [3.63, 3.8) is 0 Å². The Bertz CT molecular complexity index is 1760. The second kappa shape index (κ2) is 9.78. The van der Waals surface area contributed by atoms with E-state index in [4.69, 9.17) is 5.73 Å². The van der Waals surface area contributed by atoms with Crippen LogP contribution in [-0.2, 0) is 18.4 Å². The Hall–Kier alpha value is -5.05. The van der Waals surface area contributed by atoms with Crippen LogP contribution in [0, 0.1) is 6.92 Å². The minimum atomic E-state index is -0.243. The number of nitrogens with two attached hydrogens (primary N) is 1. The van der Waals surface area contributed by atoms with Gasteiger partial charge in [0.05, 0.1) is 23.3 Å². The van der Waals surface area contributed by atoms with E-state index in [-0.39, 0.29) is 11.5 Å². The van der Waals surface area contributed by atoms with E-state index in [1.807, 2.05) is 67.1 Å². The molecular formula is C29H27N7O2. The van der Waals surface area contributed by atoms with E-state index in [1.165, 1.54) is 6.33 Å². The standard InChI is InChI=1S/C29H27N7O2/c1-17(2)29(38)34-21-10-8-19(9-11-21)26-24(25-27(30)31-16-32-28(25)35(26)4)20-12-13-36(23(37)14-20)15-22-7-5-6-18(3)33-22/h5-14,16H,1,15H2,2-4H3,(H,34,38)(H2,30,31,32). The number of amides is 1. The second-order valence-corrected chi connectivity index (χ2v) is 9.20. The highest BCUT2D eigenvalue weighted by Crippen LogP contribution is 2.41. The minimum absolute atomic E-state index is 0.165. The minimum Gasteiger partial charge on any atom is -0.383 e. The van der Waals surface area contributed by atoms with Gasteiger partial charge in [-0.25, -0.2) is 9.97 Å². The summed E-state index contributed by atoms with van der Waals surface area (Å²) in [7, 11) is 1.90. The van der Waals surface area contributed by atoms with Gasteiger partial charge < -0.3 is 20.2 Å².